The van der Waals surface area contributed by atoms with Crippen molar-refractivity contribution in [3.63, 3.8) is 0 Å². The lowest BCUT2D eigenvalue weighted by Crippen LogP contribution is -2.50. The van der Waals surface area contributed by atoms with Crippen molar-refractivity contribution >= 4 is 21.7 Å². The molecule has 1 aromatic carbocycles. The topological polar surface area (TPSA) is 113 Å². The summed E-state index contributed by atoms with van der Waals surface area (Å²) in [5.41, 5.74) is -0.928. The van der Waals surface area contributed by atoms with Crippen molar-refractivity contribution in [2.45, 2.75) is 31.2 Å². The maximum absolute atomic E-state index is 11.9. The summed E-state index contributed by atoms with van der Waals surface area (Å²) in [5.74, 6) is -1.46. The number of nitrogens with zero attached hydrogens (tertiary/aromatic N) is 1. The number of rotatable bonds is 6. The normalized spacial score (nSPS) is 13.7. The molecule has 0 aliphatic heterocycles. The molecule has 0 aromatic heterocycles. The lowest BCUT2D eigenvalue weighted by Gasteiger charge is -2.27. The van der Waals surface area contributed by atoms with Crippen molar-refractivity contribution in [3.05, 3.63) is 29.8 Å². The predicted octanol–water partition coefficient (Wildman–Crippen LogP) is 1.30. The zero-order chi connectivity index (χ0) is 18.5. The van der Waals surface area contributed by atoms with Crippen LogP contribution in [0.2, 0.25) is 0 Å². The number of hydrogen-bond donors (Lipinski definition) is 1. The van der Waals surface area contributed by atoms with Crippen molar-refractivity contribution < 1.29 is 22.7 Å². The van der Waals surface area contributed by atoms with Crippen LogP contribution in [0.4, 0.5) is 0 Å². The number of amides is 1. The van der Waals surface area contributed by atoms with E-state index in [2.05, 4.69) is 5.32 Å². The number of nitriles is 1. The van der Waals surface area contributed by atoms with Crippen LogP contribution in [0.1, 0.15) is 31.1 Å². The van der Waals surface area contributed by atoms with Gasteiger partial charge in [-0.3, -0.25) is 4.79 Å². The molecule has 0 bridgehead atoms. The van der Waals surface area contributed by atoms with Crippen LogP contribution in [-0.2, 0) is 19.4 Å². The first kappa shape index (κ1) is 19.6. The number of benzene rings is 1. The molecule has 0 aliphatic rings. The zero-order valence-electron chi connectivity index (χ0n) is 14.0. The Kier molecular flexibility index (Phi) is 6.10. The van der Waals surface area contributed by atoms with Gasteiger partial charge in [-0.05, 0) is 37.1 Å². The number of ether oxygens (including phenoxy) is 1. The molecule has 0 radical (unpaired) electrons. The monoisotopic (exact) mass is 352 g/mol. The molecule has 0 heterocycles. The van der Waals surface area contributed by atoms with Gasteiger partial charge in [0.15, 0.2) is 16.4 Å². The lowest BCUT2D eigenvalue weighted by molar-refractivity contribution is -0.125. The van der Waals surface area contributed by atoms with Crippen LogP contribution in [0, 0.1) is 17.2 Å². The fraction of sp³-hybridized carbons (Fsp3) is 0.438. The van der Waals surface area contributed by atoms with E-state index in [4.69, 9.17) is 10.00 Å². The van der Waals surface area contributed by atoms with Crippen LogP contribution >= 0.6 is 0 Å². The van der Waals surface area contributed by atoms with E-state index < -0.39 is 33.9 Å². The second-order valence-electron chi connectivity index (χ2n) is 5.89. The fourth-order valence-electron chi connectivity index (χ4n) is 1.68. The summed E-state index contributed by atoms with van der Waals surface area (Å²) in [6.45, 7) is 4.63. The van der Waals surface area contributed by atoms with E-state index in [1.807, 2.05) is 6.07 Å². The van der Waals surface area contributed by atoms with Crippen LogP contribution in [0.5, 0.6) is 0 Å². The van der Waals surface area contributed by atoms with Gasteiger partial charge in [0.1, 0.15) is 5.54 Å². The van der Waals surface area contributed by atoms with E-state index in [9.17, 15) is 18.0 Å². The van der Waals surface area contributed by atoms with E-state index in [-0.39, 0.29) is 16.4 Å². The number of carbonyl (C=O) groups excluding carboxylic acids is 2. The second-order valence-corrected chi connectivity index (χ2v) is 7.91. The SMILES string of the molecule is CC(C)[C@@](C)(C#N)NC(=O)COC(=O)c1ccc(S(C)(=O)=O)cc1. The van der Waals surface area contributed by atoms with Gasteiger partial charge in [0, 0.05) is 6.26 Å². The molecule has 130 valence electrons. The highest BCUT2D eigenvalue weighted by Gasteiger charge is 2.30. The van der Waals surface area contributed by atoms with Crippen molar-refractivity contribution in [2.24, 2.45) is 5.92 Å². The quantitative estimate of drug-likeness (QED) is 0.772. The van der Waals surface area contributed by atoms with Gasteiger partial charge < -0.3 is 10.1 Å². The van der Waals surface area contributed by atoms with Crippen molar-refractivity contribution in [1.82, 2.24) is 5.32 Å². The van der Waals surface area contributed by atoms with Gasteiger partial charge in [0.25, 0.3) is 5.91 Å². The maximum atomic E-state index is 11.9. The summed E-state index contributed by atoms with van der Waals surface area (Å²) in [6, 6.07) is 7.22. The molecule has 1 N–H and O–H groups in total. The predicted molar refractivity (Wildman–Crippen MR) is 86.8 cm³/mol. The Morgan fingerprint density at radius 3 is 2.25 bits per heavy atom. The minimum Gasteiger partial charge on any atom is -0.452 e. The van der Waals surface area contributed by atoms with Crippen molar-refractivity contribution in [2.75, 3.05) is 12.9 Å². The molecule has 0 spiro atoms. The van der Waals surface area contributed by atoms with Crippen LogP contribution in [-0.4, -0.2) is 38.7 Å². The zero-order valence-corrected chi connectivity index (χ0v) is 14.8. The van der Waals surface area contributed by atoms with Gasteiger partial charge in [-0.25, -0.2) is 13.2 Å². The smallest absolute Gasteiger partial charge is 0.338 e. The van der Waals surface area contributed by atoms with Crippen LogP contribution in [0.25, 0.3) is 0 Å². The first-order chi connectivity index (χ1) is 11.0. The minimum atomic E-state index is -3.35. The number of carbonyl (C=O) groups is 2. The molecular weight excluding hydrogens is 332 g/mol. The molecular formula is C16H20N2O5S. The summed E-state index contributed by atoms with van der Waals surface area (Å²) < 4.78 is 27.6. The third-order valence-electron chi connectivity index (χ3n) is 3.64. The van der Waals surface area contributed by atoms with E-state index >= 15 is 0 Å². The van der Waals surface area contributed by atoms with E-state index in [0.29, 0.717) is 0 Å². The Balaban J connectivity index is 2.67. The summed E-state index contributed by atoms with van der Waals surface area (Å²) in [6.07, 6.45) is 1.06. The molecule has 7 nitrogen and oxygen atoms in total. The average molecular weight is 352 g/mol. The highest BCUT2D eigenvalue weighted by Crippen LogP contribution is 2.15. The summed E-state index contributed by atoms with van der Waals surface area (Å²) in [5, 5.41) is 11.7. The van der Waals surface area contributed by atoms with Gasteiger partial charge in [0.05, 0.1) is 16.5 Å². The Morgan fingerprint density at radius 1 is 1.29 bits per heavy atom. The minimum absolute atomic E-state index is 0.0820. The molecule has 0 unspecified atom stereocenters. The second kappa shape index (κ2) is 7.45. The number of hydrogen-bond acceptors (Lipinski definition) is 6. The first-order valence-electron chi connectivity index (χ1n) is 7.19. The van der Waals surface area contributed by atoms with Crippen molar-refractivity contribution in [3.8, 4) is 6.07 Å². The third-order valence-corrected chi connectivity index (χ3v) is 4.77. The molecule has 0 saturated heterocycles. The molecule has 8 heteroatoms. The van der Waals surface area contributed by atoms with E-state index in [0.717, 1.165) is 6.26 Å². The molecule has 0 saturated carbocycles. The van der Waals surface area contributed by atoms with E-state index in [1.165, 1.54) is 24.3 Å². The number of sulfone groups is 1. The standard InChI is InChI=1S/C16H20N2O5S/c1-11(2)16(3,10-17)18-14(19)9-23-15(20)12-5-7-13(8-6-12)24(4,21)22/h5-8,11H,9H2,1-4H3,(H,18,19)/t16-/m1/s1. The molecule has 1 aromatic rings. The molecule has 1 atom stereocenters. The molecule has 0 aliphatic carbocycles. The van der Waals surface area contributed by atoms with Crippen LogP contribution in [0.3, 0.4) is 0 Å². The molecule has 0 fully saturated rings. The molecule has 1 rings (SSSR count). The Hall–Kier alpha value is -2.40. The maximum Gasteiger partial charge on any atom is 0.338 e. The van der Waals surface area contributed by atoms with Crippen molar-refractivity contribution in [1.29, 1.82) is 5.26 Å². The van der Waals surface area contributed by atoms with Gasteiger partial charge in [-0.15, -0.1) is 0 Å². The molecule has 24 heavy (non-hydrogen) atoms. The lowest BCUT2D eigenvalue weighted by atomic mass is 9.90. The third kappa shape index (κ3) is 5.06. The van der Waals surface area contributed by atoms with Crippen LogP contribution in [0.15, 0.2) is 29.2 Å². The summed E-state index contributed by atoms with van der Waals surface area (Å²) in [4.78, 5) is 23.8. The van der Waals surface area contributed by atoms with E-state index in [1.54, 1.807) is 20.8 Å². The number of nitrogens with one attached hydrogen (secondary N) is 1. The largest absolute Gasteiger partial charge is 0.452 e. The fourth-order valence-corrected chi connectivity index (χ4v) is 2.31. The highest BCUT2D eigenvalue weighted by molar-refractivity contribution is 7.90. The van der Waals surface area contributed by atoms with Gasteiger partial charge in [0.2, 0.25) is 0 Å². The summed E-state index contributed by atoms with van der Waals surface area (Å²) >= 11 is 0. The number of esters is 1. The highest BCUT2D eigenvalue weighted by atomic mass is 32.2. The first-order valence-corrected chi connectivity index (χ1v) is 9.08. The van der Waals surface area contributed by atoms with Gasteiger partial charge in [-0.2, -0.15) is 5.26 Å². The van der Waals surface area contributed by atoms with Gasteiger partial charge in [-0.1, -0.05) is 13.8 Å². The Labute approximate surface area is 141 Å². The Morgan fingerprint density at radius 2 is 1.83 bits per heavy atom. The molecule has 1 amide bonds. The van der Waals surface area contributed by atoms with Gasteiger partial charge >= 0.3 is 5.97 Å². The van der Waals surface area contributed by atoms with Crippen LogP contribution < -0.4 is 5.32 Å². The summed E-state index contributed by atoms with van der Waals surface area (Å²) in [7, 11) is -3.35. The Bertz CT molecular complexity index is 763. The average Bonchev–Trinajstić information content (AvgIpc) is 2.51.